The van der Waals surface area contributed by atoms with Crippen molar-refractivity contribution in [1.82, 2.24) is 9.97 Å². The monoisotopic (exact) mass is 194 g/mol. The number of rotatable bonds is 2. The van der Waals surface area contributed by atoms with Crippen LogP contribution in [-0.2, 0) is 6.42 Å². The van der Waals surface area contributed by atoms with E-state index in [0.717, 1.165) is 12.2 Å². The predicted molar refractivity (Wildman–Crippen MR) is 55.0 cm³/mol. The zero-order valence-electron chi connectivity index (χ0n) is 8.73. The molecule has 0 bridgehead atoms. The van der Waals surface area contributed by atoms with Crippen LogP contribution in [0.3, 0.4) is 0 Å². The van der Waals surface area contributed by atoms with Gasteiger partial charge in [-0.2, -0.15) is 0 Å². The van der Waals surface area contributed by atoms with Crippen LogP contribution in [-0.4, -0.2) is 27.1 Å². The first-order valence-electron chi connectivity index (χ1n) is 4.55. The number of hydrogen-bond acceptors (Lipinski definition) is 4. The van der Waals surface area contributed by atoms with E-state index in [4.69, 9.17) is 10.0 Å². The highest BCUT2D eigenvalue weighted by molar-refractivity contribution is 6.58. The lowest BCUT2D eigenvalue weighted by atomic mass is 9.83. The second-order valence-corrected chi connectivity index (χ2v) is 4.54. The largest absolute Gasteiger partial charge is 0.491 e. The third kappa shape index (κ3) is 3.43. The molecule has 76 valence electrons. The van der Waals surface area contributed by atoms with E-state index in [9.17, 15) is 0 Å². The Labute approximate surface area is 84.2 Å². The second-order valence-electron chi connectivity index (χ2n) is 4.54. The highest BCUT2D eigenvalue weighted by Crippen LogP contribution is 2.17. The minimum atomic E-state index is -1.49. The van der Waals surface area contributed by atoms with Crippen LogP contribution in [0.25, 0.3) is 0 Å². The van der Waals surface area contributed by atoms with E-state index in [0.29, 0.717) is 5.46 Å². The predicted octanol–water partition coefficient (Wildman–Crippen LogP) is -0.255. The first-order valence-corrected chi connectivity index (χ1v) is 4.55. The highest BCUT2D eigenvalue weighted by Gasteiger charge is 2.15. The van der Waals surface area contributed by atoms with Gasteiger partial charge in [0.2, 0.25) is 0 Å². The maximum absolute atomic E-state index is 8.82. The van der Waals surface area contributed by atoms with Gasteiger partial charge in [0.05, 0.1) is 0 Å². The maximum Gasteiger partial charge on any atom is 0.491 e. The van der Waals surface area contributed by atoms with Crippen molar-refractivity contribution in [2.45, 2.75) is 27.2 Å². The normalized spacial score (nSPS) is 11.5. The van der Waals surface area contributed by atoms with Gasteiger partial charge in [-0.25, -0.2) is 9.97 Å². The van der Waals surface area contributed by atoms with Gasteiger partial charge in [-0.05, 0) is 5.41 Å². The van der Waals surface area contributed by atoms with Crippen LogP contribution in [0.5, 0.6) is 0 Å². The molecule has 0 fully saturated rings. The molecule has 0 aliphatic heterocycles. The van der Waals surface area contributed by atoms with Crippen LogP contribution >= 0.6 is 0 Å². The van der Waals surface area contributed by atoms with E-state index in [1.165, 1.54) is 12.4 Å². The zero-order valence-corrected chi connectivity index (χ0v) is 8.73. The maximum atomic E-state index is 8.82. The topological polar surface area (TPSA) is 66.2 Å². The zero-order chi connectivity index (χ0) is 10.8. The molecule has 0 atom stereocenters. The molecule has 0 saturated heterocycles. The summed E-state index contributed by atoms with van der Waals surface area (Å²) in [5.41, 5.74) is 0.460. The molecule has 4 nitrogen and oxygen atoms in total. The van der Waals surface area contributed by atoms with Crippen molar-refractivity contribution in [3.8, 4) is 0 Å². The molecule has 0 aliphatic carbocycles. The van der Waals surface area contributed by atoms with Gasteiger partial charge in [-0.15, -0.1) is 0 Å². The van der Waals surface area contributed by atoms with Crippen molar-refractivity contribution >= 4 is 12.6 Å². The average Bonchev–Trinajstić information content (AvgIpc) is 2.02. The van der Waals surface area contributed by atoms with E-state index >= 15 is 0 Å². The highest BCUT2D eigenvalue weighted by atomic mass is 16.4. The van der Waals surface area contributed by atoms with E-state index in [1.54, 1.807) is 0 Å². The summed E-state index contributed by atoms with van der Waals surface area (Å²) < 4.78 is 0. The van der Waals surface area contributed by atoms with Gasteiger partial charge in [0.1, 0.15) is 5.82 Å². The second kappa shape index (κ2) is 4.06. The molecule has 0 amide bonds. The lowest BCUT2D eigenvalue weighted by molar-refractivity contribution is 0.400. The molecule has 0 saturated carbocycles. The number of nitrogens with zero attached hydrogens (tertiary/aromatic N) is 2. The first-order chi connectivity index (χ1) is 6.38. The molecule has 1 rings (SSSR count). The van der Waals surface area contributed by atoms with Crippen molar-refractivity contribution in [3.05, 3.63) is 18.2 Å². The van der Waals surface area contributed by atoms with Gasteiger partial charge in [0.25, 0.3) is 0 Å². The molecule has 2 N–H and O–H groups in total. The summed E-state index contributed by atoms with van der Waals surface area (Å²) in [5.74, 6) is 0.724. The fourth-order valence-corrected chi connectivity index (χ4v) is 1.06. The van der Waals surface area contributed by atoms with Crippen molar-refractivity contribution < 1.29 is 10.0 Å². The average molecular weight is 194 g/mol. The Morgan fingerprint density at radius 2 is 1.71 bits per heavy atom. The minimum absolute atomic E-state index is 0.138. The Morgan fingerprint density at radius 3 is 2.07 bits per heavy atom. The van der Waals surface area contributed by atoms with Gasteiger partial charge in [0.15, 0.2) is 0 Å². The molecule has 1 heterocycles. The molecule has 1 aromatic rings. The van der Waals surface area contributed by atoms with Crippen LogP contribution in [0, 0.1) is 5.41 Å². The number of aromatic nitrogens is 2. The quantitative estimate of drug-likeness (QED) is 0.637. The van der Waals surface area contributed by atoms with Gasteiger partial charge in [-0.1, -0.05) is 20.8 Å². The standard InChI is InChI=1S/C9H15BN2O2/c1-9(2,3)4-8-11-5-7(6-12-8)10(13)14/h5-6,13-14H,4H2,1-3H3. The van der Waals surface area contributed by atoms with Crippen molar-refractivity contribution in [1.29, 1.82) is 0 Å². The lowest BCUT2D eigenvalue weighted by Gasteiger charge is -2.16. The third-order valence-electron chi connectivity index (χ3n) is 1.71. The molecule has 0 aromatic carbocycles. The first kappa shape index (κ1) is 11.1. The molecular weight excluding hydrogens is 179 g/mol. The Kier molecular flexibility index (Phi) is 3.23. The van der Waals surface area contributed by atoms with E-state index in [2.05, 4.69) is 30.7 Å². The Morgan fingerprint density at radius 1 is 1.21 bits per heavy atom. The molecule has 0 spiro atoms. The summed E-state index contributed by atoms with van der Waals surface area (Å²) >= 11 is 0. The van der Waals surface area contributed by atoms with E-state index < -0.39 is 7.12 Å². The Bertz CT molecular complexity index is 293. The van der Waals surface area contributed by atoms with Gasteiger partial charge < -0.3 is 10.0 Å². The fourth-order valence-electron chi connectivity index (χ4n) is 1.06. The Hall–Kier alpha value is -0.935. The van der Waals surface area contributed by atoms with Crippen LogP contribution in [0.15, 0.2) is 12.4 Å². The van der Waals surface area contributed by atoms with Gasteiger partial charge in [0, 0.05) is 24.3 Å². The summed E-state index contributed by atoms with van der Waals surface area (Å²) in [6.45, 7) is 6.31. The fraction of sp³-hybridized carbons (Fsp3) is 0.556. The summed E-state index contributed by atoms with van der Waals surface area (Å²) in [6, 6.07) is 0. The summed E-state index contributed by atoms with van der Waals surface area (Å²) in [5, 5.41) is 17.6. The number of hydrogen-bond donors (Lipinski definition) is 2. The molecule has 0 radical (unpaired) electrons. The molecular formula is C9H15BN2O2. The van der Waals surface area contributed by atoms with Gasteiger partial charge in [-0.3, -0.25) is 0 Å². The lowest BCUT2D eigenvalue weighted by Crippen LogP contribution is -2.31. The molecule has 0 unspecified atom stereocenters. The Balaban J connectivity index is 2.74. The molecule has 5 heteroatoms. The molecule has 0 aliphatic rings. The van der Waals surface area contributed by atoms with Gasteiger partial charge >= 0.3 is 7.12 Å². The molecule has 1 aromatic heterocycles. The van der Waals surface area contributed by atoms with Crippen LogP contribution in [0.2, 0.25) is 0 Å². The van der Waals surface area contributed by atoms with E-state index in [-0.39, 0.29) is 5.41 Å². The SMILES string of the molecule is CC(C)(C)Cc1ncc(B(O)O)cn1. The summed E-state index contributed by atoms with van der Waals surface area (Å²) in [6.07, 6.45) is 3.66. The van der Waals surface area contributed by atoms with Crippen molar-refractivity contribution in [2.75, 3.05) is 0 Å². The van der Waals surface area contributed by atoms with Crippen LogP contribution < -0.4 is 5.46 Å². The minimum Gasteiger partial charge on any atom is -0.423 e. The smallest absolute Gasteiger partial charge is 0.423 e. The third-order valence-corrected chi connectivity index (χ3v) is 1.71. The van der Waals surface area contributed by atoms with Crippen molar-refractivity contribution in [3.63, 3.8) is 0 Å². The summed E-state index contributed by atoms with van der Waals surface area (Å²) in [7, 11) is -1.49. The van der Waals surface area contributed by atoms with Crippen LogP contribution in [0.1, 0.15) is 26.6 Å². The van der Waals surface area contributed by atoms with Crippen molar-refractivity contribution in [2.24, 2.45) is 5.41 Å². The molecule has 14 heavy (non-hydrogen) atoms. The van der Waals surface area contributed by atoms with E-state index in [1.807, 2.05) is 0 Å². The summed E-state index contributed by atoms with van der Waals surface area (Å²) in [4.78, 5) is 8.11. The van der Waals surface area contributed by atoms with Crippen LogP contribution in [0.4, 0.5) is 0 Å².